The summed E-state index contributed by atoms with van der Waals surface area (Å²) in [5, 5.41) is 0. The molecule has 0 spiro atoms. The average molecular weight is 312 g/mol. The molecular formula is C13H14F6N2. The maximum Gasteiger partial charge on any atom is 0.416 e. The van der Waals surface area contributed by atoms with E-state index < -0.39 is 23.8 Å². The van der Waals surface area contributed by atoms with Gasteiger partial charge in [0.15, 0.2) is 0 Å². The molecule has 1 aromatic carbocycles. The Morgan fingerprint density at radius 3 is 2.29 bits per heavy atom. The summed E-state index contributed by atoms with van der Waals surface area (Å²) in [4.78, 5) is 1.31. The molecule has 0 bridgehead atoms. The van der Waals surface area contributed by atoms with Crippen LogP contribution in [0.1, 0.15) is 18.4 Å². The standard InChI is InChI=1S/C13H14F6N2/c14-12(15,16)8-2-1-3-21(7-8)11-5-9(13(17,18)19)4-10(20)6-11/h4-6,8H,1-3,7,20H2. The van der Waals surface area contributed by atoms with Crippen molar-refractivity contribution in [3.05, 3.63) is 23.8 Å². The van der Waals surface area contributed by atoms with Crippen LogP contribution in [0, 0.1) is 5.92 Å². The highest BCUT2D eigenvalue weighted by atomic mass is 19.4. The lowest BCUT2D eigenvalue weighted by Crippen LogP contribution is -2.41. The SMILES string of the molecule is Nc1cc(N2CCCC(C(F)(F)F)C2)cc(C(F)(F)F)c1. The van der Waals surface area contributed by atoms with Crippen molar-refractivity contribution in [2.24, 2.45) is 5.92 Å². The van der Waals surface area contributed by atoms with Crippen molar-refractivity contribution in [1.82, 2.24) is 0 Å². The Hall–Kier alpha value is -1.60. The van der Waals surface area contributed by atoms with Crippen molar-refractivity contribution in [3.63, 3.8) is 0 Å². The molecule has 1 heterocycles. The highest BCUT2D eigenvalue weighted by Crippen LogP contribution is 2.37. The third-order valence-electron chi connectivity index (χ3n) is 3.52. The van der Waals surface area contributed by atoms with E-state index in [0.29, 0.717) is 0 Å². The summed E-state index contributed by atoms with van der Waals surface area (Å²) in [5.74, 6) is -1.53. The van der Waals surface area contributed by atoms with E-state index in [9.17, 15) is 26.3 Å². The van der Waals surface area contributed by atoms with Gasteiger partial charge in [-0.3, -0.25) is 0 Å². The molecule has 1 saturated heterocycles. The second-order valence-corrected chi connectivity index (χ2v) is 5.14. The third kappa shape index (κ3) is 3.74. The fraction of sp³-hybridized carbons (Fsp3) is 0.538. The molecule has 21 heavy (non-hydrogen) atoms. The van der Waals surface area contributed by atoms with Crippen LogP contribution in [-0.2, 0) is 6.18 Å². The van der Waals surface area contributed by atoms with Crippen LogP contribution in [0.25, 0.3) is 0 Å². The van der Waals surface area contributed by atoms with Gasteiger partial charge in [0, 0.05) is 24.5 Å². The van der Waals surface area contributed by atoms with Gasteiger partial charge in [0.25, 0.3) is 0 Å². The van der Waals surface area contributed by atoms with Crippen molar-refractivity contribution in [2.75, 3.05) is 23.7 Å². The van der Waals surface area contributed by atoms with Gasteiger partial charge in [-0.1, -0.05) is 0 Å². The average Bonchev–Trinajstić information content (AvgIpc) is 2.36. The van der Waals surface area contributed by atoms with E-state index >= 15 is 0 Å². The molecule has 0 aliphatic carbocycles. The molecule has 1 fully saturated rings. The minimum atomic E-state index is -4.58. The molecule has 2 rings (SSSR count). The fourth-order valence-corrected chi connectivity index (χ4v) is 2.46. The fourth-order valence-electron chi connectivity index (χ4n) is 2.46. The van der Waals surface area contributed by atoms with Gasteiger partial charge in [0.05, 0.1) is 11.5 Å². The third-order valence-corrected chi connectivity index (χ3v) is 3.52. The van der Waals surface area contributed by atoms with Gasteiger partial charge in [-0.15, -0.1) is 0 Å². The van der Waals surface area contributed by atoms with E-state index in [2.05, 4.69) is 0 Å². The highest BCUT2D eigenvalue weighted by Gasteiger charge is 2.42. The number of nitrogen functional groups attached to an aromatic ring is 1. The quantitative estimate of drug-likeness (QED) is 0.626. The molecule has 1 aliphatic rings. The molecular weight excluding hydrogens is 298 g/mol. The van der Waals surface area contributed by atoms with Gasteiger partial charge < -0.3 is 10.6 Å². The van der Waals surface area contributed by atoms with Crippen LogP contribution in [0.2, 0.25) is 0 Å². The molecule has 1 aromatic rings. The summed E-state index contributed by atoms with van der Waals surface area (Å²) in [6.45, 7) is -0.0580. The topological polar surface area (TPSA) is 29.3 Å². The largest absolute Gasteiger partial charge is 0.416 e. The number of alkyl halides is 6. The Bertz CT molecular complexity index is 508. The van der Waals surface area contributed by atoms with Crippen LogP contribution in [0.5, 0.6) is 0 Å². The Morgan fingerprint density at radius 2 is 1.71 bits per heavy atom. The molecule has 1 aliphatic heterocycles. The Kier molecular flexibility index (Phi) is 3.99. The second-order valence-electron chi connectivity index (χ2n) is 5.14. The van der Waals surface area contributed by atoms with Crippen LogP contribution in [0.3, 0.4) is 0 Å². The molecule has 0 saturated carbocycles. The maximum atomic E-state index is 12.7. The van der Waals surface area contributed by atoms with Crippen LogP contribution in [0.15, 0.2) is 18.2 Å². The van der Waals surface area contributed by atoms with Crippen LogP contribution in [0.4, 0.5) is 37.7 Å². The maximum absolute atomic E-state index is 12.7. The molecule has 1 unspecified atom stereocenters. The first-order chi connectivity index (χ1) is 9.57. The lowest BCUT2D eigenvalue weighted by atomic mass is 9.96. The normalized spacial score (nSPS) is 20.7. The molecule has 0 aromatic heterocycles. The van der Waals surface area contributed by atoms with E-state index in [-0.39, 0.29) is 37.3 Å². The number of hydrogen-bond donors (Lipinski definition) is 1. The molecule has 8 heteroatoms. The summed E-state index contributed by atoms with van der Waals surface area (Å²) in [6, 6.07) is 2.89. The van der Waals surface area contributed by atoms with Crippen molar-refractivity contribution in [3.8, 4) is 0 Å². The van der Waals surface area contributed by atoms with Gasteiger partial charge >= 0.3 is 12.4 Å². The van der Waals surface area contributed by atoms with E-state index in [0.717, 1.165) is 12.1 Å². The van der Waals surface area contributed by atoms with Gasteiger partial charge in [-0.25, -0.2) is 0 Å². The van der Waals surface area contributed by atoms with E-state index in [1.54, 1.807) is 0 Å². The number of piperidine rings is 1. The molecule has 2 N–H and O–H groups in total. The monoisotopic (exact) mass is 312 g/mol. The highest BCUT2D eigenvalue weighted by molar-refractivity contribution is 5.59. The lowest BCUT2D eigenvalue weighted by Gasteiger charge is -2.35. The van der Waals surface area contributed by atoms with E-state index in [4.69, 9.17) is 5.73 Å². The van der Waals surface area contributed by atoms with Gasteiger partial charge in [0.1, 0.15) is 0 Å². The molecule has 0 radical (unpaired) electrons. The number of hydrogen-bond acceptors (Lipinski definition) is 2. The molecule has 0 amide bonds. The lowest BCUT2D eigenvalue weighted by molar-refractivity contribution is -0.176. The first-order valence-corrected chi connectivity index (χ1v) is 6.37. The van der Waals surface area contributed by atoms with E-state index in [1.165, 1.54) is 11.0 Å². The number of anilines is 2. The summed E-state index contributed by atoms with van der Waals surface area (Å²) >= 11 is 0. The number of benzene rings is 1. The predicted octanol–water partition coefficient (Wildman–Crippen LogP) is 4.07. The summed E-state index contributed by atoms with van der Waals surface area (Å²) in [5.41, 5.74) is 4.45. The van der Waals surface area contributed by atoms with Crippen LogP contribution < -0.4 is 10.6 Å². The van der Waals surface area contributed by atoms with Crippen molar-refractivity contribution >= 4 is 11.4 Å². The summed E-state index contributed by atoms with van der Waals surface area (Å²) < 4.78 is 76.4. The predicted molar refractivity (Wildman–Crippen MR) is 66.8 cm³/mol. The van der Waals surface area contributed by atoms with Crippen molar-refractivity contribution in [1.29, 1.82) is 0 Å². The Balaban J connectivity index is 2.27. The zero-order valence-corrected chi connectivity index (χ0v) is 10.9. The van der Waals surface area contributed by atoms with Crippen molar-refractivity contribution in [2.45, 2.75) is 25.2 Å². The minimum Gasteiger partial charge on any atom is -0.399 e. The van der Waals surface area contributed by atoms with Crippen molar-refractivity contribution < 1.29 is 26.3 Å². The number of halogens is 6. The van der Waals surface area contributed by atoms with E-state index in [1.807, 2.05) is 0 Å². The zero-order chi connectivity index (χ0) is 15.8. The Labute approximate surface area is 117 Å². The van der Waals surface area contributed by atoms with Crippen LogP contribution in [-0.4, -0.2) is 19.3 Å². The van der Waals surface area contributed by atoms with Gasteiger partial charge in [0.2, 0.25) is 0 Å². The van der Waals surface area contributed by atoms with Crippen LogP contribution >= 0.6 is 0 Å². The molecule has 2 nitrogen and oxygen atoms in total. The summed E-state index contributed by atoms with van der Waals surface area (Å²) in [7, 11) is 0. The molecule has 1 atom stereocenters. The number of nitrogens with two attached hydrogens (primary N) is 1. The molecule has 118 valence electrons. The van der Waals surface area contributed by atoms with Gasteiger partial charge in [-0.2, -0.15) is 26.3 Å². The first kappa shape index (κ1) is 15.8. The Morgan fingerprint density at radius 1 is 1.05 bits per heavy atom. The zero-order valence-electron chi connectivity index (χ0n) is 10.9. The van der Waals surface area contributed by atoms with Gasteiger partial charge in [-0.05, 0) is 31.0 Å². The second kappa shape index (κ2) is 5.31. The number of nitrogens with zero attached hydrogens (tertiary/aromatic N) is 1. The first-order valence-electron chi connectivity index (χ1n) is 6.37. The number of rotatable bonds is 1. The smallest absolute Gasteiger partial charge is 0.399 e. The minimum absolute atomic E-state index is 0.00551. The summed E-state index contributed by atoms with van der Waals surface area (Å²) in [6.07, 6.45) is -8.65.